The van der Waals surface area contributed by atoms with Crippen LogP contribution in [0.25, 0.3) is 0 Å². The van der Waals surface area contributed by atoms with E-state index in [1.807, 2.05) is 38.9 Å². The summed E-state index contributed by atoms with van der Waals surface area (Å²) >= 11 is 0. The van der Waals surface area contributed by atoms with Gasteiger partial charge in [0.15, 0.2) is 0 Å². The van der Waals surface area contributed by atoms with Gasteiger partial charge in [0.2, 0.25) is 5.91 Å². The van der Waals surface area contributed by atoms with Crippen molar-refractivity contribution in [1.82, 2.24) is 29.1 Å². The third-order valence-electron chi connectivity index (χ3n) is 6.24. The second kappa shape index (κ2) is 6.54. The van der Waals surface area contributed by atoms with Crippen molar-refractivity contribution in [2.75, 3.05) is 19.6 Å². The lowest BCUT2D eigenvalue weighted by Crippen LogP contribution is -2.52. The second-order valence-corrected chi connectivity index (χ2v) is 7.74. The van der Waals surface area contributed by atoms with Crippen molar-refractivity contribution < 1.29 is 4.79 Å². The van der Waals surface area contributed by atoms with Crippen molar-refractivity contribution in [2.45, 2.75) is 44.2 Å². The quantitative estimate of drug-likeness (QED) is 0.833. The van der Waals surface area contributed by atoms with E-state index >= 15 is 0 Å². The summed E-state index contributed by atoms with van der Waals surface area (Å²) in [6.07, 6.45) is 10.7. The molecule has 2 saturated heterocycles. The van der Waals surface area contributed by atoms with Crippen molar-refractivity contribution in [1.29, 1.82) is 0 Å². The molecule has 0 bridgehead atoms. The van der Waals surface area contributed by atoms with Gasteiger partial charge < -0.3 is 9.47 Å². The largest absolute Gasteiger partial charge is 0.337 e. The van der Waals surface area contributed by atoms with Gasteiger partial charge in [-0.2, -0.15) is 5.10 Å². The minimum atomic E-state index is -0.0373. The Labute approximate surface area is 154 Å². The van der Waals surface area contributed by atoms with Gasteiger partial charge in [0.05, 0.1) is 18.7 Å². The van der Waals surface area contributed by atoms with Gasteiger partial charge in [-0.1, -0.05) is 0 Å². The Bertz CT molecular complexity index is 786. The smallest absolute Gasteiger partial charge is 0.230 e. The van der Waals surface area contributed by atoms with E-state index in [9.17, 15) is 4.79 Å². The van der Waals surface area contributed by atoms with E-state index < -0.39 is 0 Å². The molecule has 0 aromatic carbocycles. The molecule has 26 heavy (non-hydrogen) atoms. The predicted molar refractivity (Wildman–Crippen MR) is 98.4 cm³/mol. The zero-order valence-corrected chi connectivity index (χ0v) is 15.9. The van der Waals surface area contributed by atoms with Crippen LogP contribution in [0.2, 0.25) is 0 Å². The molecule has 2 aliphatic rings. The molecule has 0 N–H and O–H groups in total. The highest BCUT2D eigenvalue weighted by atomic mass is 16.2. The molecular formula is C19H28N6O. The maximum absolute atomic E-state index is 13.1. The van der Waals surface area contributed by atoms with Crippen molar-refractivity contribution >= 4 is 5.91 Å². The van der Waals surface area contributed by atoms with E-state index in [4.69, 9.17) is 0 Å². The molecule has 4 rings (SSSR count). The van der Waals surface area contributed by atoms with E-state index in [0.29, 0.717) is 0 Å². The molecule has 2 aromatic rings. The molecule has 7 nitrogen and oxygen atoms in total. The van der Waals surface area contributed by atoms with Crippen molar-refractivity contribution in [2.24, 2.45) is 14.1 Å². The molecule has 7 heteroatoms. The molecule has 140 valence electrons. The summed E-state index contributed by atoms with van der Waals surface area (Å²) in [6.45, 7) is 5.79. The second-order valence-electron chi connectivity index (χ2n) is 7.74. The minimum absolute atomic E-state index is 0.00444. The molecule has 1 amide bonds. The van der Waals surface area contributed by atoms with E-state index in [1.165, 1.54) is 0 Å². The highest BCUT2D eigenvalue weighted by Gasteiger charge is 2.51. The zero-order valence-electron chi connectivity index (χ0n) is 15.9. The first kappa shape index (κ1) is 17.3. The van der Waals surface area contributed by atoms with Crippen LogP contribution in [-0.2, 0) is 25.4 Å². The SMILES string of the molecule is CCN1C(=O)[C@@H](c2cnn(C)c2)CC12CCN(Cc1nccn1C)CC2. The van der Waals surface area contributed by atoms with Crippen LogP contribution in [0, 0.1) is 0 Å². The Morgan fingerprint density at radius 3 is 2.62 bits per heavy atom. The number of hydrogen-bond donors (Lipinski definition) is 0. The predicted octanol–water partition coefficient (Wildman–Crippen LogP) is 1.52. The number of amides is 1. The summed E-state index contributed by atoms with van der Waals surface area (Å²) in [5, 5.41) is 4.27. The van der Waals surface area contributed by atoms with Crippen molar-refractivity contribution in [3.8, 4) is 0 Å². The fourth-order valence-corrected chi connectivity index (χ4v) is 4.72. The summed E-state index contributed by atoms with van der Waals surface area (Å²) < 4.78 is 3.87. The molecule has 0 radical (unpaired) electrons. The number of hydrogen-bond acceptors (Lipinski definition) is 4. The highest BCUT2D eigenvalue weighted by Crippen LogP contribution is 2.45. The van der Waals surface area contributed by atoms with Crippen molar-refractivity contribution in [3.05, 3.63) is 36.2 Å². The Morgan fingerprint density at radius 2 is 2.04 bits per heavy atom. The lowest BCUT2D eigenvalue weighted by atomic mass is 9.81. The molecule has 0 unspecified atom stereocenters. The maximum Gasteiger partial charge on any atom is 0.230 e. The number of nitrogens with zero attached hydrogens (tertiary/aromatic N) is 6. The first-order chi connectivity index (χ1) is 12.5. The van der Waals surface area contributed by atoms with Gasteiger partial charge in [-0.05, 0) is 26.2 Å². The molecule has 2 aromatic heterocycles. The Hall–Kier alpha value is -2.15. The fourth-order valence-electron chi connectivity index (χ4n) is 4.72. The minimum Gasteiger partial charge on any atom is -0.337 e. The molecular weight excluding hydrogens is 328 g/mol. The van der Waals surface area contributed by atoms with Crippen LogP contribution in [0.3, 0.4) is 0 Å². The zero-order chi connectivity index (χ0) is 18.3. The van der Waals surface area contributed by atoms with Gasteiger partial charge in [0.25, 0.3) is 0 Å². The summed E-state index contributed by atoms with van der Waals surface area (Å²) in [5.74, 6) is 1.34. The van der Waals surface area contributed by atoms with E-state index in [2.05, 4.69) is 31.4 Å². The first-order valence-corrected chi connectivity index (χ1v) is 9.51. The Morgan fingerprint density at radius 1 is 1.27 bits per heavy atom. The molecule has 1 spiro atoms. The van der Waals surface area contributed by atoms with Gasteiger partial charge in [0, 0.05) is 63.4 Å². The van der Waals surface area contributed by atoms with Crippen LogP contribution in [0.1, 0.15) is 43.5 Å². The lowest BCUT2D eigenvalue weighted by Gasteiger charge is -2.44. The number of rotatable bonds is 4. The van der Waals surface area contributed by atoms with Gasteiger partial charge in [-0.15, -0.1) is 0 Å². The molecule has 2 fully saturated rings. The number of carbonyl (C=O) groups excluding carboxylic acids is 1. The summed E-state index contributed by atoms with van der Waals surface area (Å²) in [4.78, 5) is 22.1. The number of carbonyl (C=O) groups is 1. The van der Waals surface area contributed by atoms with Gasteiger partial charge in [-0.3, -0.25) is 14.4 Å². The van der Waals surface area contributed by atoms with Crippen LogP contribution in [0.5, 0.6) is 0 Å². The molecule has 2 aliphatic heterocycles. The Kier molecular flexibility index (Phi) is 4.34. The average molecular weight is 356 g/mol. The maximum atomic E-state index is 13.1. The molecule has 1 atom stereocenters. The van der Waals surface area contributed by atoms with E-state index in [0.717, 1.165) is 56.8 Å². The third-order valence-corrected chi connectivity index (χ3v) is 6.24. The monoisotopic (exact) mass is 356 g/mol. The number of likely N-dealkylation sites (tertiary alicyclic amines) is 2. The number of aromatic nitrogens is 4. The summed E-state index contributed by atoms with van der Waals surface area (Å²) in [5.41, 5.74) is 1.06. The van der Waals surface area contributed by atoms with E-state index in [1.54, 1.807) is 4.68 Å². The highest BCUT2D eigenvalue weighted by molar-refractivity contribution is 5.87. The van der Waals surface area contributed by atoms with Crippen LogP contribution < -0.4 is 0 Å². The van der Waals surface area contributed by atoms with Gasteiger partial charge in [0.1, 0.15) is 5.82 Å². The third kappa shape index (κ3) is 2.84. The number of likely N-dealkylation sites (N-methyl/N-ethyl adjacent to an activating group) is 1. The normalized spacial score (nSPS) is 23.3. The van der Waals surface area contributed by atoms with Crippen molar-refractivity contribution in [3.63, 3.8) is 0 Å². The van der Waals surface area contributed by atoms with Crippen LogP contribution in [0.15, 0.2) is 24.8 Å². The topological polar surface area (TPSA) is 59.2 Å². The van der Waals surface area contributed by atoms with Crippen LogP contribution in [0.4, 0.5) is 0 Å². The van der Waals surface area contributed by atoms with Crippen LogP contribution in [-0.4, -0.2) is 60.2 Å². The fraction of sp³-hybridized carbons (Fsp3) is 0.632. The molecule has 0 aliphatic carbocycles. The Balaban J connectivity index is 1.48. The summed E-state index contributed by atoms with van der Waals surface area (Å²) in [6, 6.07) is 0. The standard InChI is InChI=1S/C19H28N6O/c1-4-25-18(26)16(15-12-21-23(3)13-15)11-19(25)5-8-24(9-6-19)14-17-20-7-10-22(17)2/h7,10,12-13,16H,4-6,8-9,11,14H2,1-3H3/t16-/m1/s1. The summed E-state index contributed by atoms with van der Waals surface area (Å²) in [7, 11) is 3.95. The number of piperidine rings is 1. The van der Waals surface area contributed by atoms with Crippen LogP contribution >= 0.6 is 0 Å². The lowest BCUT2D eigenvalue weighted by molar-refractivity contribution is -0.133. The van der Waals surface area contributed by atoms with Gasteiger partial charge in [-0.25, -0.2) is 4.98 Å². The van der Waals surface area contributed by atoms with Gasteiger partial charge >= 0.3 is 0 Å². The molecule has 0 saturated carbocycles. The average Bonchev–Trinajstić information content (AvgIpc) is 3.30. The number of aryl methyl sites for hydroxylation is 2. The first-order valence-electron chi connectivity index (χ1n) is 9.51. The molecule has 4 heterocycles. The van der Waals surface area contributed by atoms with E-state index in [-0.39, 0.29) is 17.4 Å². The number of imidazole rings is 1.